The molecule has 0 saturated carbocycles. The molecule has 0 unspecified atom stereocenters. The largest absolute Gasteiger partial charge is 0.514 e. The van der Waals surface area contributed by atoms with Gasteiger partial charge in [-0.3, -0.25) is 0 Å². The van der Waals surface area contributed by atoms with Crippen molar-refractivity contribution in [1.29, 1.82) is 0 Å². The van der Waals surface area contributed by atoms with Crippen LogP contribution in [0.25, 0.3) is 0 Å². The summed E-state index contributed by atoms with van der Waals surface area (Å²) in [5.41, 5.74) is 0.866. The first-order valence-corrected chi connectivity index (χ1v) is 2.74. The summed E-state index contributed by atoms with van der Waals surface area (Å²) in [7, 11) is 1.79. The Bertz CT molecular complexity index is 86.5. The molecule has 0 aliphatic heterocycles. The van der Waals surface area contributed by atoms with Crippen LogP contribution >= 0.6 is 0 Å². The molecule has 2 N–H and O–H groups in total. The van der Waals surface area contributed by atoms with Crippen molar-refractivity contribution in [3.05, 3.63) is 12.0 Å². The van der Waals surface area contributed by atoms with Crippen LogP contribution in [-0.4, -0.2) is 12.2 Å². The first kappa shape index (κ1) is 7.34. The third kappa shape index (κ3) is 1.87. The van der Waals surface area contributed by atoms with Crippen molar-refractivity contribution < 1.29 is 5.11 Å². The quantitative estimate of drug-likeness (QED) is 0.531. The fourth-order valence-corrected chi connectivity index (χ4v) is 0.502. The highest BCUT2D eigenvalue weighted by Crippen LogP contribution is 2.01. The number of aliphatic hydroxyl groups excluding tert-OH is 1. The Morgan fingerprint density at radius 2 is 2.12 bits per heavy atom. The Kier molecular flexibility index (Phi) is 3.08. The average Bonchev–Trinajstić information content (AvgIpc) is 1.69. The second-order valence-corrected chi connectivity index (χ2v) is 1.99. The number of hydrogen-bond donors (Lipinski definition) is 2. The molecule has 0 spiro atoms. The lowest BCUT2D eigenvalue weighted by Crippen LogP contribution is -2.11. The number of hydrogen-bond acceptors (Lipinski definition) is 2. The number of rotatable bonds is 2. The molecule has 48 valence electrons. The SMILES string of the molecule is CN/C(=C\O)C(C)C. The minimum absolute atomic E-state index is 0.380. The predicted octanol–water partition coefficient (Wildman–Crippen LogP) is 1.26. The number of nitrogens with one attached hydrogen (secondary N) is 1. The minimum Gasteiger partial charge on any atom is -0.514 e. The Balaban J connectivity index is 3.72. The van der Waals surface area contributed by atoms with Crippen LogP contribution in [0.15, 0.2) is 12.0 Å². The maximum atomic E-state index is 8.47. The van der Waals surface area contributed by atoms with Crippen LogP contribution in [0.4, 0.5) is 0 Å². The molecule has 2 nitrogen and oxygen atoms in total. The molecular weight excluding hydrogens is 102 g/mol. The molecule has 0 aromatic carbocycles. The van der Waals surface area contributed by atoms with Gasteiger partial charge in [-0.1, -0.05) is 13.8 Å². The average molecular weight is 115 g/mol. The van der Waals surface area contributed by atoms with E-state index in [-0.39, 0.29) is 0 Å². The van der Waals surface area contributed by atoms with Gasteiger partial charge in [-0.15, -0.1) is 0 Å². The van der Waals surface area contributed by atoms with Crippen molar-refractivity contribution >= 4 is 0 Å². The Morgan fingerprint density at radius 3 is 2.12 bits per heavy atom. The van der Waals surface area contributed by atoms with Crippen LogP contribution in [0, 0.1) is 5.92 Å². The van der Waals surface area contributed by atoms with E-state index in [4.69, 9.17) is 5.11 Å². The van der Waals surface area contributed by atoms with Gasteiger partial charge in [0.25, 0.3) is 0 Å². The molecular formula is C6H13NO. The van der Waals surface area contributed by atoms with Crippen molar-refractivity contribution in [1.82, 2.24) is 5.32 Å². The molecule has 0 amide bonds. The Morgan fingerprint density at radius 1 is 1.62 bits per heavy atom. The summed E-state index contributed by atoms with van der Waals surface area (Å²) >= 11 is 0. The van der Waals surface area contributed by atoms with E-state index >= 15 is 0 Å². The Labute approximate surface area is 50.2 Å². The second kappa shape index (κ2) is 3.36. The summed E-state index contributed by atoms with van der Waals surface area (Å²) in [6.45, 7) is 4.02. The van der Waals surface area contributed by atoms with Gasteiger partial charge >= 0.3 is 0 Å². The Hall–Kier alpha value is -0.660. The van der Waals surface area contributed by atoms with E-state index in [1.54, 1.807) is 7.05 Å². The second-order valence-electron chi connectivity index (χ2n) is 1.99. The standard InChI is InChI=1S/C6H13NO/c1-5(2)6(4-8)7-3/h4-5,7-8H,1-3H3/b6-4-. The zero-order valence-electron chi connectivity index (χ0n) is 5.60. The third-order valence-corrected chi connectivity index (χ3v) is 1.05. The highest BCUT2D eigenvalue weighted by Gasteiger charge is 1.96. The molecule has 0 rings (SSSR count). The summed E-state index contributed by atoms with van der Waals surface area (Å²) in [4.78, 5) is 0. The molecule has 0 fully saturated rings. The van der Waals surface area contributed by atoms with E-state index in [1.165, 1.54) is 0 Å². The van der Waals surface area contributed by atoms with Gasteiger partial charge < -0.3 is 10.4 Å². The third-order valence-electron chi connectivity index (χ3n) is 1.05. The highest BCUT2D eigenvalue weighted by molar-refractivity contribution is 4.95. The first-order chi connectivity index (χ1) is 3.72. The van der Waals surface area contributed by atoms with E-state index in [0.717, 1.165) is 12.0 Å². The molecule has 2 heteroatoms. The summed E-state index contributed by atoms with van der Waals surface area (Å²) in [5.74, 6) is 0.380. The van der Waals surface area contributed by atoms with Gasteiger partial charge in [-0.25, -0.2) is 0 Å². The van der Waals surface area contributed by atoms with Crippen LogP contribution in [0.1, 0.15) is 13.8 Å². The van der Waals surface area contributed by atoms with Gasteiger partial charge in [0.2, 0.25) is 0 Å². The molecule has 0 aliphatic rings. The van der Waals surface area contributed by atoms with Crippen molar-refractivity contribution in [2.75, 3.05) is 7.05 Å². The van der Waals surface area contributed by atoms with Crippen LogP contribution < -0.4 is 5.32 Å². The molecule has 0 bridgehead atoms. The van der Waals surface area contributed by atoms with Gasteiger partial charge in [0.1, 0.15) is 0 Å². The first-order valence-electron chi connectivity index (χ1n) is 2.74. The van der Waals surface area contributed by atoms with E-state index < -0.39 is 0 Å². The van der Waals surface area contributed by atoms with E-state index in [1.807, 2.05) is 13.8 Å². The fourth-order valence-electron chi connectivity index (χ4n) is 0.502. The molecule has 0 heterocycles. The van der Waals surface area contributed by atoms with E-state index in [0.29, 0.717) is 5.92 Å². The monoisotopic (exact) mass is 115 g/mol. The molecule has 8 heavy (non-hydrogen) atoms. The summed E-state index contributed by atoms with van der Waals surface area (Å²) < 4.78 is 0. The van der Waals surface area contributed by atoms with Crippen molar-refractivity contribution in [2.45, 2.75) is 13.8 Å². The van der Waals surface area contributed by atoms with Crippen LogP contribution in [0.3, 0.4) is 0 Å². The lowest BCUT2D eigenvalue weighted by molar-refractivity contribution is 0.451. The van der Waals surface area contributed by atoms with Crippen molar-refractivity contribution in [3.8, 4) is 0 Å². The van der Waals surface area contributed by atoms with Gasteiger partial charge in [0, 0.05) is 12.7 Å². The summed E-state index contributed by atoms with van der Waals surface area (Å²) in [6.07, 6.45) is 1.10. The van der Waals surface area contributed by atoms with Gasteiger partial charge in [0.05, 0.1) is 6.26 Å². The topological polar surface area (TPSA) is 32.3 Å². The number of aliphatic hydroxyl groups is 1. The normalized spacial score (nSPS) is 12.2. The smallest absolute Gasteiger partial charge is 0.0983 e. The van der Waals surface area contributed by atoms with Crippen LogP contribution in [0.5, 0.6) is 0 Å². The maximum Gasteiger partial charge on any atom is 0.0983 e. The zero-order valence-corrected chi connectivity index (χ0v) is 5.60. The highest BCUT2D eigenvalue weighted by atomic mass is 16.2. The van der Waals surface area contributed by atoms with Crippen LogP contribution in [0.2, 0.25) is 0 Å². The lowest BCUT2D eigenvalue weighted by Gasteiger charge is -2.06. The van der Waals surface area contributed by atoms with Crippen LogP contribution in [-0.2, 0) is 0 Å². The van der Waals surface area contributed by atoms with Crippen molar-refractivity contribution in [2.24, 2.45) is 5.92 Å². The minimum atomic E-state index is 0.380. The molecule has 0 aromatic rings. The molecule has 0 atom stereocenters. The van der Waals surface area contributed by atoms with E-state index in [9.17, 15) is 0 Å². The molecule has 0 aromatic heterocycles. The molecule has 0 aliphatic carbocycles. The fraction of sp³-hybridized carbons (Fsp3) is 0.667. The van der Waals surface area contributed by atoms with Gasteiger partial charge in [0.15, 0.2) is 0 Å². The van der Waals surface area contributed by atoms with Crippen molar-refractivity contribution in [3.63, 3.8) is 0 Å². The summed E-state index contributed by atoms with van der Waals surface area (Å²) in [5, 5.41) is 11.3. The lowest BCUT2D eigenvalue weighted by atomic mass is 10.1. The predicted molar refractivity (Wildman–Crippen MR) is 34.6 cm³/mol. The van der Waals surface area contributed by atoms with E-state index in [2.05, 4.69) is 5.32 Å². The maximum absolute atomic E-state index is 8.47. The molecule has 0 radical (unpaired) electrons. The summed E-state index contributed by atoms with van der Waals surface area (Å²) in [6, 6.07) is 0. The molecule has 0 saturated heterocycles. The van der Waals surface area contributed by atoms with Gasteiger partial charge in [-0.2, -0.15) is 0 Å². The van der Waals surface area contributed by atoms with Gasteiger partial charge in [-0.05, 0) is 5.92 Å². The number of allylic oxidation sites excluding steroid dienone is 1. The zero-order chi connectivity index (χ0) is 6.57.